The van der Waals surface area contributed by atoms with Crippen LogP contribution in [0, 0.1) is 0 Å². The molecule has 0 N–H and O–H groups in total. The van der Waals surface area contributed by atoms with Crippen LogP contribution in [0.2, 0.25) is 0 Å². The van der Waals surface area contributed by atoms with Gasteiger partial charge in [0.25, 0.3) is 0 Å². The van der Waals surface area contributed by atoms with Gasteiger partial charge in [-0.25, -0.2) is 0 Å². The number of para-hydroxylation sites is 2. The van der Waals surface area contributed by atoms with Gasteiger partial charge in [0.1, 0.15) is 0 Å². The number of fused-ring (bicyclic) bond motifs is 2. The minimum Gasteiger partial charge on any atom is -0.309 e. The van der Waals surface area contributed by atoms with Crippen molar-refractivity contribution in [2.75, 3.05) is 9.80 Å². The maximum Gasteiger partial charge on any atom is 0.0543 e. The summed E-state index contributed by atoms with van der Waals surface area (Å²) in [6, 6.07) is 132. The standard InChI is InChI=1S/C102H88N2/c1-102(2,3)85-60-65-88(75-33-13-6-14-34-75)99(70-85)104(87-63-57-74(58-64-87)72-31-11-5-12-32-72)97-54-22-20-48-92(97)94-52-28-42-79-40-26-50-90(101(79)94)84-46-24-45-82(68-84)80-43-23-44-81(67-80)83-59-66-98(95(69-83)77-37-17-8-18-38-77)103(86-61-55-73(56-62-86)71-29-9-4-10-30-71)96-53-21-19-47-91(96)93-51-27-41-78-39-25-49-89(100(78)93)76-35-15-7-16-36-76/h4-6,8-14,17-23,25-34,37-44,47-67,69-70,76,82,84H,7,15-16,24,35-36,45-46,68H2,1-3H3. The highest BCUT2D eigenvalue weighted by Crippen LogP contribution is 2.53. The fourth-order valence-corrected chi connectivity index (χ4v) is 17.3. The molecule has 2 unspecified atom stereocenters. The Morgan fingerprint density at radius 1 is 0.250 bits per heavy atom. The lowest BCUT2D eigenvalue weighted by Crippen LogP contribution is -2.16. The Hall–Kier alpha value is -11.6. The van der Waals surface area contributed by atoms with E-state index in [1.807, 2.05) is 0 Å². The van der Waals surface area contributed by atoms with Crippen LogP contribution < -0.4 is 9.80 Å². The quantitative estimate of drug-likeness (QED) is 0.0951. The summed E-state index contributed by atoms with van der Waals surface area (Å²) in [6.45, 7) is 6.97. The van der Waals surface area contributed by atoms with Gasteiger partial charge in [0.05, 0.1) is 22.7 Å². The van der Waals surface area contributed by atoms with Crippen LogP contribution in [0.1, 0.15) is 119 Å². The third kappa shape index (κ3) is 13.2. The maximum atomic E-state index is 2.54. The van der Waals surface area contributed by atoms with Gasteiger partial charge in [-0.1, -0.05) is 344 Å². The van der Waals surface area contributed by atoms with Crippen LogP contribution in [-0.4, -0.2) is 0 Å². The van der Waals surface area contributed by atoms with Gasteiger partial charge in [-0.3, -0.25) is 0 Å². The lowest BCUT2D eigenvalue weighted by Gasteiger charge is -2.33. The van der Waals surface area contributed by atoms with Crippen molar-refractivity contribution in [3.05, 3.63) is 374 Å². The Kier molecular flexibility index (Phi) is 18.4. The number of benzene rings is 15. The number of rotatable bonds is 16. The Morgan fingerprint density at radius 3 is 1.20 bits per heavy atom. The lowest BCUT2D eigenvalue weighted by atomic mass is 9.73. The molecule has 2 nitrogen and oxygen atoms in total. The summed E-state index contributed by atoms with van der Waals surface area (Å²) < 4.78 is 0. The molecule has 0 spiro atoms. The Balaban J connectivity index is 0.749. The van der Waals surface area contributed by atoms with Crippen molar-refractivity contribution in [1.82, 2.24) is 0 Å². The largest absolute Gasteiger partial charge is 0.309 e. The van der Waals surface area contributed by atoms with E-state index in [1.165, 1.54) is 154 Å². The molecule has 2 atom stereocenters. The topological polar surface area (TPSA) is 6.48 Å². The molecule has 15 aromatic carbocycles. The second-order valence-electron chi connectivity index (χ2n) is 30.0. The molecular formula is C102H88N2. The fraction of sp³-hybridized carbons (Fsp3) is 0.157. The normalized spacial score (nSPS) is 14.9. The molecular weight excluding hydrogens is 1250 g/mol. The average molecular weight is 1340 g/mol. The Bertz CT molecular complexity index is 5500. The van der Waals surface area contributed by atoms with Gasteiger partial charge in [0.15, 0.2) is 0 Å². The van der Waals surface area contributed by atoms with Gasteiger partial charge >= 0.3 is 0 Å². The molecule has 0 heterocycles. The summed E-state index contributed by atoms with van der Waals surface area (Å²) in [5.41, 5.74) is 29.3. The summed E-state index contributed by atoms with van der Waals surface area (Å²) in [7, 11) is 0. The second kappa shape index (κ2) is 29.0. The smallest absolute Gasteiger partial charge is 0.0543 e. The first kappa shape index (κ1) is 65.7. The van der Waals surface area contributed by atoms with Crippen LogP contribution >= 0.6 is 0 Å². The van der Waals surface area contributed by atoms with E-state index in [4.69, 9.17) is 0 Å². The van der Waals surface area contributed by atoms with Crippen molar-refractivity contribution < 1.29 is 0 Å². The summed E-state index contributed by atoms with van der Waals surface area (Å²) >= 11 is 0. The van der Waals surface area contributed by atoms with Crippen LogP contribution in [0.3, 0.4) is 0 Å². The van der Waals surface area contributed by atoms with Gasteiger partial charge in [0, 0.05) is 33.6 Å². The minimum absolute atomic E-state index is 0.0829. The zero-order valence-electron chi connectivity index (χ0n) is 60.0. The van der Waals surface area contributed by atoms with Gasteiger partial charge in [0.2, 0.25) is 0 Å². The SMILES string of the molecule is CC(C)(C)c1ccc(-c2ccccc2)c(N(c2ccc(-c3ccccc3)cc2)c2ccccc2-c2cccc3cccc(C4CCCC(c5cccc(-c6ccc(N(c7ccc(-c8ccccc8)cc7)c7ccccc7-c7cccc8cccc(C9CCCCC9)c78)c(-c7ccccc7)c6)c5)C4)c23)c1. The van der Waals surface area contributed by atoms with E-state index >= 15 is 0 Å². The van der Waals surface area contributed by atoms with Crippen molar-refractivity contribution in [3.8, 4) is 77.9 Å². The highest BCUT2D eigenvalue weighted by molar-refractivity contribution is 6.06. The monoisotopic (exact) mass is 1340 g/mol. The molecule has 17 rings (SSSR count). The first-order valence-corrected chi connectivity index (χ1v) is 37.9. The van der Waals surface area contributed by atoms with Crippen molar-refractivity contribution in [2.24, 2.45) is 0 Å². The highest BCUT2D eigenvalue weighted by atomic mass is 15.2. The first-order chi connectivity index (χ1) is 51.2. The number of anilines is 6. The van der Waals surface area contributed by atoms with Gasteiger partial charge in [-0.15, -0.1) is 0 Å². The first-order valence-electron chi connectivity index (χ1n) is 37.9. The number of hydrogen-bond donors (Lipinski definition) is 0. The molecule has 15 aromatic rings. The molecule has 0 amide bonds. The summed E-state index contributed by atoms with van der Waals surface area (Å²) in [5.74, 6) is 1.30. The zero-order chi connectivity index (χ0) is 69.9. The van der Waals surface area contributed by atoms with Crippen LogP contribution in [0.25, 0.3) is 99.4 Å². The van der Waals surface area contributed by atoms with Crippen molar-refractivity contribution >= 4 is 55.7 Å². The van der Waals surface area contributed by atoms with E-state index in [-0.39, 0.29) is 5.41 Å². The molecule has 2 fully saturated rings. The van der Waals surface area contributed by atoms with Crippen molar-refractivity contribution in [1.29, 1.82) is 0 Å². The third-order valence-electron chi connectivity index (χ3n) is 22.6. The van der Waals surface area contributed by atoms with E-state index in [2.05, 4.69) is 382 Å². The predicted molar refractivity (Wildman–Crippen MR) is 444 cm³/mol. The molecule has 2 aliphatic carbocycles. The molecule has 2 saturated carbocycles. The van der Waals surface area contributed by atoms with Gasteiger partial charge in [-0.2, -0.15) is 0 Å². The zero-order valence-corrected chi connectivity index (χ0v) is 60.0. The van der Waals surface area contributed by atoms with Crippen molar-refractivity contribution in [3.63, 3.8) is 0 Å². The molecule has 0 radical (unpaired) electrons. The molecule has 0 bridgehead atoms. The van der Waals surface area contributed by atoms with E-state index in [1.54, 1.807) is 0 Å². The molecule has 2 aliphatic rings. The van der Waals surface area contributed by atoms with Crippen LogP contribution in [0.4, 0.5) is 34.1 Å². The molecule has 104 heavy (non-hydrogen) atoms. The Morgan fingerprint density at radius 2 is 0.654 bits per heavy atom. The maximum absolute atomic E-state index is 2.54. The minimum atomic E-state index is -0.0829. The Labute approximate surface area is 615 Å². The van der Waals surface area contributed by atoms with Gasteiger partial charge in [-0.05, 0) is 209 Å². The summed E-state index contributed by atoms with van der Waals surface area (Å²) in [5, 5.41) is 5.33. The van der Waals surface area contributed by atoms with Crippen LogP contribution in [-0.2, 0) is 5.41 Å². The predicted octanol–water partition coefficient (Wildman–Crippen LogP) is 29.4. The second-order valence-corrected chi connectivity index (χ2v) is 30.0. The van der Waals surface area contributed by atoms with E-state index < -0.39 is 0 Å². The third-order valence-corrected chi connectivity index (χ3v) is 22.6. The van der Waals surface area contributed by atoms with E-state index in [9.17, 15) is 0 Å². The van der Waals surface area contributed by atoms with E-state index in [0.717, 1.165) is 59.8 Å². The number of hydrogen-bond acceptors (Lipinski definition) is 2. The van der Waals surface area contributed by atoms with E-state index in [0.29, 0.717) is 17.8 Å². The molecule has 0 aromatic heterocycles. The molecule has 0 aliphatic heterocycles. The lowest BCUT2D eigenvalue weighted by molar-refractivity contribution is 0.395. The molecule has 0 saturated heterocycles. The fourth-order valence-electron chi connectivity index (χ4n) is 17.3. The average Bonchev–Trinajstić information content (AvgIpc) is 0.753. The number of nitrogens with zero attached hydrogens (tertiary/aromatic N) is 2. The van der Waals surface area contributed by atoms with Crippen LogP contribution in [0.15, 0.2) is 352 Å². The van der Waals surface area contributed by atoms with Gasteiger partial charge < -0.3 is 9.80 Å². The molecule has 2 heteroatoms. The molecule has 506 valence electrons. The van der Waals surface area contributed by atoms with Crippen LogP contribution in [0.5, 0.6) is 0 Å². The summed E-state index contributed by atoms with van der Waals surface area (Å²) in [6.07, 6.45) is 10.9. The summed E-state index contributed by atoms with van der Waals surface area (Å²) in [4.78, 5) is 5.09. The highest BCUT2D eigenvalue weighted by Gasteiger charge is 2.31. The van der Waals surface area contributed by atoms with Crippen molar-refractivity contribution in [2.45, 2.75) is 102 Å².